The lowest BCUT2D eigenvalue weighted by molar-refractivity contribution is -0.131. The Labute approximate surface area is 186 Å². The van der Waals surface area contributed by atoms with Gasteiger partial charge < -0.3 is 20.4 Å². The van der Waals surface area contributed by atoms with Gasteiger partial charge in [0, 0.05) is 67.8 Å². The molecular weight excluding hydrogens is 418 g/mol. The van der Waals surface area contributed by atoms with E-state index in [0.29, 0.717) is 19.0 Å². The summed E-state index contributed by atoms with van der Waals surface area (Å²) in [6.45, 7) is 4.02. The molecule has 0 spiro atoms. The summed E-state index contributed by atoms with van der Waals surface area (Å²) in [7, 11) is 1.77. The van der Waals surface area contributed by atoms with Gasteiger partial charge in [0.25, 0.3) is 0 Å². The molecule has 2 N–H and O–H groups in total. The van der Waals surface area contributed by atoms with Gasteiger partial charge in [-0.1, -0.05) is 17.7 Å². The van der Waals surface area contributed by atoms with E-state index in [1.807, 2.05) is 23.1 Å². The van der Waals surface area contributed by atoms with Crippen LogP contribution in [0.3, 0.4) is 0 Å². The zero-order valence-corrected chi connectivity index (χ0v) is 18.8. The number of carbonyl (C=O) groups excluding carboxylic acids is 1. The van der Waals surface area contributed by atoms with Gasteiger partial charge in [-0.3, -0.25) is 9.79 Å². The molecule has 8 heteroatoms. The highest BCUT2D eigenvalue weighted by molar-refractivity contribution is 7.10. The van der Waals surface area contributed by atoms with E-state index < -0.39 is 0 Å². The Hall–Kier alpha value is -2.25. The highest BCUT2D eigenvalue weighted by atomic mass is 35.5. The zero-order valence-electron chi connectivity index (χ0n) is 17.2. The fraction of sp³-hybridized carbons (Fsp3) is 0.455. The molecule has 1 aromatic carbocycles. The number of fused-ring (bicyclic) bond motifs is 1. The molecule has 4 rings (SSSR count). The number of nitrogens with one attached hydrogen (secondary N) is 2. The minimum absolute atomic E-state index is 0.197. The second kappa shape index (κ2) is 9.71. The first-order valence-corrected chi connectivity index (χ1v) is 11.7. The molecule has 1 aromatic heterocycles. The number of hydrogen-bond acceptors (Lipinski definition) is 4. The average molecular weight is 446 g/mol. The van der Waals surface area contributed by atoms with Crippen LogP contribution in [0.1, 0.15) is 23.3 Å². The summed E-state index contributed by atoms with van der Waals surface area (Å²) < 4.78 is 0. The van der Waals surface area contributed by atoms with E-state index in [1.54, 1.807) is 18.4 Å². The molecule has 1 amide bonds. The van der Waals surface area contributed by atoms with Gasteiger partial charge in [0.2, 0.25) is 5.91 Å². The van der Waals surface area contributed by atoms with Crippen molar-refractivity contribution in [1.29, 1.82) is 0 Å². The van der Waals surface area contributed by atoms with E-state index in [1.165, 1.54) is 10.4 Å². The second-order valence-corrected chi connectivity index (χ2v) is 9.18. The number of aliphatic imine (C=N–C) groups is 1. The van der Waals surface area contributed by atoms with Gasteiger partial charge >= 0.3 is 0 Å². The van der Waals surface area contributed by atoms with Crippen molar-refractivity contribution in [3.63, 3.8) is 0 Å². The Morgan fingerprint density at radius 3 is 3.07 bits per heavy atom. The third-order valence-electron chi connectivity index (χ3n) is 5.72. The number of hydrogen-bond donors (Lipinski definition) is 2. The highest BCUT2D eigenvalue weighted by Crippen LogP contribution is 2.25. The van der Waals surface area contributed by atoms with Crippen LogP contribution in [0.5, 0.6) is 0 Å². The Kier molecular flexibility index (Phi) is 6.79. The number of thiophene rings is 1. The normalized spacial score (nSPS) is 19.0. The predicted molar refractivity (Wildman–Crippen MR) is 125 cm³/mol. The molecule has 0 aliphatic carbocycles. The van der Waals surface area contributed by atoms with Crippen molar-refractivity contribution in [2.45, 2.75) is 31.8 Å². The SMILES string of the molecule is CN=C(NCCC(=O)N1CCc2sccc2C1)NC1CCN(c2cccc(Cl)c2)C1. The van der Waals surface area contributed by atoms with E-state index in [4.69, 9.17) is 11.6 Å². The number of guanidine groups is 1. The molecule has 0 radical (unpaired) electrons. The molecule has 1 fully saturated rings. The van der Waals surface area contributed by atoms with Crippen LogP contribution in [0, 0.1) is 0 Å². The summed E-state index contributed by atoms with van der Waals surface area (Å²) in [4.78, 5) is 22.6. The Morgan fingerprint density at radius 1 is 1.33 bits per heavy atom. The quantitative estimate of drug-likeness (QED) is 0.548. The lowest BCUT2D eigenvalue weighted by atomic mass is 10.1. The van der Waals surface area contributed by atoms with Gasteiger partial charge in [0.15, 0.2) is 5.96 Å². The van der Waals surface area contributed by atoms with Crippen LogP contribution in [0.4, 0.5) is 5.69 Å². The minimum Gasteiger partial charge on any atom is -0.369 e. The van der Waals surface area contributed by atoms with E-state index in [0.717, 1.165) is 55.7 Å². The van der Waals surface area contributed by atoms with E-state index in [-0.39, 0.29) is 5.91 Å². The number of anilines is 1. The molecule has 30 heavy (non-hydrogen) atoms. The summed E-state index contributed by atoms with van der Waals surface area (Å²) in [6.07, 6.45) is 2.47. The maximum Gasteiger partial charge on any atom is 0.224 e. The predicted octanol–water partition coefficient (Wildman–Crippen LogP) is 3.12. The van der Waals surface area contributed by atoms with E-state index in [9.17, 15) is 4.79 Å². The third kappa shape index (κ3) is 5.08. The standard InChI is InChI=1S/C22H28ClN5OS/c1-24-22(26-18-6-10-27(15-18)19-4-2-3-17(23)13-19)25-9-5-21(29)28-11-7-20-16(14-28)8-12-30-20/h2-4,8,12-13,18H,5-7,9-11,14-15H2,1H3,(H2,24,25,26). The van der Waals surface area contributed by atoms with Crippen LogP contribution in [0.15, 0.2) is 40.7 Å². The molecule has 3 heterocycles. The van der Waals surface area contributed by atoms with E-state index >= 15 is 0 Å². The minimum atomic E-state index is 0.197. The number of amides is 1. The maximum absolute atomic E-state index is 12.6. The lowest BCUT2D eigenvalue weighted by Gasteiger charge is -2.27. The van der Waals surface area contributed by atoms with Crippen molar-refractivity contribution in [1.82, 2.24) is 15.5 Å². The van der Waals surface area contributed by atoms with Crippen LogP contribution in [0.2, 0.25) is 5.02 Å². The summed E-state index contributed by atoms with van der Waals surface area (Å²) in [5.41, 5.74) is 2.45. The van der Waals surface area contributed by atoms with E-state index in [2.05, 4.69) is 38.0 Å². The van der Waals surface area contributed by atoms with Crippen molar-refractivity contribution in [3.05, 3.63) is 51.2 Å². The molecule has 6 nitrogen and oxygen atoms in total. The lowest BCUT2D eigenvalue weighted by Crippen LogP contribution is -2.45. The second-order valence-electron chi connectivity index (χ2n) is 7.74. The number of rotatable bonds is 5. The smallest absolute Gasteiger partial charge is 0.224 e. The topological polar surface area (TPSA) is 60.0 Å². The summed E-state index contributed by atoms with van der Waals surface area (Å²) in [5.74, 6) is 0.947. The first kappa shape index (κ1) is 21.0. The molecule has 2 aromatic rings. The molecule has 2 aliphatic heterocycles. The Bertz CT molecular complexity index is 914. The van der Waals surface area contributed by atoms with Crippen molar-refractivity contribution >= 4 is 40.5 Å². The highest BCUT2D eigenvalue weighted by Gasteiger charge is 2.24. The Morgan fingerprint density at radius 2 is 2.23 bits per heavy atom. The van der Waals surface area contributed by atoms with Gasteiger partial charge in [-0.15, -0.1) is 11.3 Å². The summed E-state index contributed by atoms with van der Waals surface area (Å²) in [6, 6.07) is 10.4. The van der Waals surface area contributed by atoms with Gasteiger partial charge in [0.1, 0.15) is 0 Å². The third-order valence-corrected chi connectivity index (χ3v) is 6.98. The van der Waals surface area contributed by atoms with Crippen molar-refractivity contribution in [3.8, 4) is 0 Å². The summed E-state index contributed by atoms with van der Waals surface area (Å²) >= 11 is 7.92. The number of halogens is 1. The van der Waals surface area contributed by atoms with Crippen LogP contribution < -0.4 is 15.5 Å². The maximum atomic E-state index is 12.6. The number of benzene rings is 1. The molecule has 1 atom stereocenters. The zero-order chi connectivity index (χ0) is 20.9. The molecule has 0 bridgehead atoms. The molecule has 2 aliphatic rings. The number of carbonyl (C=O) groups is 1. The molecular formula is C22H28ClN5OS. The average Bonchev–Trinajstić information content (AvgIpc) is 3.41. The van der Waals surface area contributed by atoms with Crippen LogP contribution >= 0.6 is 22.9 Å². The monoisotopic (exact) mass is 445 g/mol. The Balaban J connectivity index is 1.21. The fourth-order valence-corrected chi connectivity index (χ4v) is 5.15. The first-order chi connectivity index (χ1) is 14.6. The molecule has 0 saturated carbocycles. The van der Waals surface area contributed by atoms with Crippen LogP contribution in [0.25, 0.3) is 0 Å². The van der Waals surface area contributed by atoms with Gasteiger partial charge in [-0.25, -0.2) is 0 Å². The van der Waals surface area contributed by atoms with Crippen molar-refractivity contribution in [2.24, 2.45) is 4.99 Å². The number of nitrogens with zero attached hydrogens (tertiary/aromatic N) is 3. The summed E-state index contributed by atoms with van der Waals surface area (Å²) in [5, 5.41) is 9.66. The largest absolute Gasteiger partial charge is 0.369 e. The van der Waals surface area contributed by atoms with Gasteiger partial charge in [-0.05, 0) is 48.1 Å². The first-order valence-electron chi connectivity index (χ1n) is 10.4. The molecule has 1 unspecified atom stereocenters. The van der Waals surface area contributed by atoms with Crippen LogP contribution in [-0.2, 0) is 17.8 Å². The van der Waals surface area contributed by atoms with Gasteiger partial charge in [-0.2, -0.15) is 0 Å². The van der Waals surface area contributed by atoms with Crippen LogP contribution in [-0.4, -0.2) is 56.0 Å². The van der Waals surface area contributed by atoms with Crippen molar-refractivity contribution < 1.29 is 4.79 Å². The molecule has 1 saturated heterocycles. The van der Waals surface area contributed by atoms with Crippen molar-refractivity contribution in [2.75, 3.05) is 38.1 Å². The molecule has 160 valence electrons. The fourth-order valence-electron chi connectivity index (χ4n) is 4.08. The van der Waals surface area contributed by atoms with Gasteiger partial charge in [0.05, 0.1) is 0 Å².